The van der Waals surface area contributed by atoms with Gasteiger partial charge in [0.25, 0.3) is 5.69 Å². The minimum absolute atomic E-state index is 0.0620. The largest absolute Gasteiger partial charge is 0.396 e. The maximum absolute atomic E-state index is 11.8. The highest BCUT2D eigenvalue weighted by Gasteiger charge is 2.12. The Balaban J connectivity index is 2.39. The Kier molecular flexibility index (Phi) is 7.27. The molecule has 118 valence electrons. The van der Waals surface area contributed by atoms with Gasteiger partial charge in [-0.2, -0.15) is 0 Å². The molecule has 0 amide bonds. The van der Waals surface area contributed by atoms with Crippen molar-refractivity contribution in [1.82, 2.24) is 4.72 Å². The lowest BCUT2D eigenvalue weighted by atomic mass is 10.2. The number of hydrogen-bond acceptors (Lipinski definition) is 5. The number of nitro groups is 1. The zero-order valence-corrected chi connectivity index (χ0v) is 12.5. The van der Waals surface area contributed by atoms with Gasteiger partial charge in [-0.25, -0.2) is 13.1 Å². The van der Waals surface area contributed by atoms with Crippen LogP contribution in [0.25, 0.3) is 0 Å². The molecule has 1 aromatic carbocycles. The van der Waals surface area contributed by atoms with Crippen LogP contribution in [-0.4, -0.2) is 31.6 Å². The standard InChI is InChI=1S/C13H20N2O5S/c16-10-4-2-1-3-9-14-21(19,20)11-12-5-7-13(8-6-12)15(17)18/h5-8,14,16H,1-4,9-11H2. The van der Waals surface area contributed by atoms with Crippen LogP contribution in [0.15, 0.2) is 24.3 Å². The summed E-state index contributed by atoms with van der Waals surface area (Å²) in [7, 11) is -3.43. The summed E-state index contributed by atoms with van der Waals surface area (Å²) < 4.78 is 26.1. The topological polar surface area (TPSA) is 110 Å². The van der Waals surface area contributed by atoms with E-state index in [1.54, 1.807) is 0 Å². The van der Waals surface area contributed by atoms with Crippen molar-refractivity contribution in [3.8, 4) is 0 Å². The fraction of sp³-hybridized carbons (Fsp3) is 0.538. The number of rotatable bonds is 10. The summed E-state index contributed by atoms with van der Waals surface area (Å²) in [6, 6.07) is 5.47. The molecule has 0 aliphatic rings. The van der Waals surface area contributed by atoms with E-state index in [4.69, 9.17) is 5.11 Å². The van der Waals surface area contributed by atoms with Crippen LogP contribution in [0.3, 0.4) is 0 Å². The van der Waals surface area contributed by atoms with E-state index in [0.717, 1.165) is 25.7 Å². The Bertz CT molecular complexity index is 542. The van der Waals surface area contributed by atoms with Crippen molar-refractivity contribution >= 4 is 15.7 Å². The third-order valence-corrected chi connectivity index (χ3v) is 4.27. The van der Waals surface area contributed by atoms with Gasteiger partial charge in [-0.3, -0.25) is 10.1 Å². The molecular weight excluding hydrogens is 296 g/mol. The average molecular weight is 316 g/mol. The second-order valence-corrected chi connectivity index (χ2v) is 6.52. The zero-order valence-electron chi connectivity index (χ0n) is 11.7. The lowest BCUT2D eigenvalue weighted by Crippen LogP contribution is -2.26. The number of nitro benzene ring substituents is 1. The van der Waals surface area contributed by atoms with E-state index in [1.165, 1.54) is 24.3 Å². The van der Waals surface area contributed by atoms with Crippen molar-refractivity contribution in [3.05, 3.63) is 39.9 Å². The number of benzene rings is 1. The summed E-state index contributed by atoms with van der Waals surface area (Å²) in [6.07, 6.45) is 3.19. The molecule has 8 heteroatoms. The van der Waals surface area contributed by atoms with Gasteiger partial charge in [0.2, 0.25) is 10.0 Å². The van der Waals surface area contributed by atoms with Crippen LogP contribution in [-0.2, 0) is 15.8 Å². The van der Waals surface area contributed by atoms with Crippen molar-refractivity contribution < 1.29 is 18.4 Å². The smallest absolute Gasteiger partial charge is 0.269 e. The first-order valence-corrected chi connectivity index (χ1v) is 8.41. The van der Waals surface area contributed by atoms with Gasteiger partial charge in [-0.15, -0.1) is 0 Å². The van der Waals surface area contributed by atoms with Crippen LogP contribution in [0.4, 0.5) is 5.69 Å². The van der Waals surface area contributed by atoms with Gasteiger partial charge < -0.3 is 5.11 Å². The molecule has 0 saturated carbocycles. The molecule has 0 aliphatic heterocycles. The Labute approximate surface area is 124 Å². The number of nitrogens with one attached hydrogen (secondary N) is 1. The van der Waals surface area contributed by atoms with Crippen LogP contribution in [0.5, 0.6) is 0 Å². The summed E-state index contributed by atoms with van der Waals surface area (Å²) in [5.74, 6) is -0.193. The SMILES string of the molecule is O=[N+]([O-])c1ccc(CS(=O)(=O)NCCCCCCO)cc1. The fourth-order valence-electron chi connectivity index (χ4n) is 1.80. The van der Waals surface area contributed by atoms with E-state index in [0.29, 0.717) is 12.1 Å². The van der Waals surface area contributed by atoms with Gasteiger partial charge in [-0.1, -0.05) is 25.0 Å². The molecule has 0 aliphatic carbocycles. The predicted molar refractivity (Wildman–Crippen MR) is 79.3 cm³/mol. The molecule has 2 N–H and O–H groups in total. The minimum Gasteiger partial charge on any atom is -0.396 e. The van der Waals surface area contributed by atoms with E-state index in [2.05, 4.69) is 4.72 Å². The lowest BCUT2D eigenvalue weighted by Gasteiger charge is -2.06. The van der Waals surface area contributed by atoms with Crippen LogP contribution >= 0.6 is 0 Å². The molecule has 0 spiro atoms. The molecule has 7 nitrogen and oxygen atoms in total. The Morgan fingerprint density at radius 2 is 1.71 bits per heavy atom. The first-order chi connectivity index (χ1) is 9.94. The van der Waals surface area contributed by atoms with Crippen molar-refractivity contribution in [2.45, 2.75) is 31.4 Å². The van der Waals surface area contributed by atoms with Crippen LogP contribution in [0.2, 0.25) is 0 Å². The number of nitrogens with zero attached hydrogens (tertiary/aromatic N) is 1. The maximum atomic E-state index is 11.8. The van der Waals surface area contributed by atoms with Gasteiger partial charge in [0.1, 0.15) is 0 Å². The van der Waals surface area contributed by atoms with E-state index in [1.807, 2.05) is 0 Å². The first kappa shape index (κ1) is 17.5. The van der Waals surface area contributed by atoms with Crippen molar-refractivity contribution in [2.75, 3.05) is 13.2 Å². The molecular formula is C13H20N2O5S. The van der Waals surface area contributed by atoms with Gasteiger partial charge in [-0.05, 0) is 18.4 Å². The third-order valence-electron chi connectivity index (χ3n) is 2.91. The summed E-state index contributed by atoms with van der Waals surface area (Å²) >= 11 is 0. The first-order valence-electron chi connectivity index (χ1n) is 6.76. The second kappa shape index (κ2) is 8.71. The molecule has 1 aromatic rings. The zero-order chi connectivity index (χ0) is 15.7. The molecule has 21 heavy (non-hydrogen) atoms. The highest BCUT2D eigenvalue weighted by atomic mass is 32.2. The van der Waals surface area contributed by atoms with Gasteiger partial charge in [0, 0.05) is 25.3 Å². The number of sulfonamides is 1. The molecule has 0 fully saturated rings. The Hall–Kier alpha value is -1.51. The number of unbranched alkanes of at least 4 members (excludes halogenated alkanes) is 3. The molecule has 0 aromatic heterocycles. The second-order valence-electron chi connectivity index (χ2n) is 4.71. The molecule has 0 saturated heterocycles. The number of aliphatic hydroxyl groups excluding tert-OH is 1. The molecule has 0 atom stereocenters. The van der Waals surface area contributed by atoms with Crippen LogP contribution in [0.1, 0.15) is 31.2 Å². The van der Waals surface area contributed by atoms with Gasteiger partial charge >= 0.3 is 0 Å². The van der Waals surface area contributed by atoms with Crippen molar-refractivity contribution in [2.24, 2.45) is 0 Å². The van der Waals surface area contributed by atoms with E-state index >= 15 is 0 Å². The number of hydrogen-bond donors (Lipinski definition) is 2. The van der Waals surface area contributed by atoms with Crippen LogP contribution in [0, 0.1) is 10.1 Å². The van der Waals surface area contributed by atoms with E-state index in [-0.39, 0.29) is 18.0 Å². The Morgan fingerprint density at radius 3 is 2.29 bits per heavy atom. The summed E-state index contributed by atoms with van der Waals surface area (Å²) in [4.78, 5) is 9.98. The van der Waals surface area contributed by atoms with Gasteiger partial charge in [0.15, 0.2) is 0 Å². The molecule has 0 radical (unpaired) electrons. The lowest BCUT2D eigenvalue weighted by molar-refractivity contribution is -0.384. The minimum atomic E-state index is -3.43. The molecule has 0 unspecified atom stereocenters. The summed E-state index contributed by atoms with van der Waals surface area (Å²) in [6.45, 7) is 0.520. The quantitative estimate of drug-likeness (QED) is 0.387. The average Bonchev–Trinajstić information content (AvgIpc) is 2.43. The number of aliphatic hydroxyl groups is 1. The van der Waals surface area contributed by atoms with Crippen molar-refractivity contribution in [3.63, 3.8) is 0 Å². The highest BCUT2D eigenvalue weighted by molar-refractivity contribution is 7.88. The predicted octanol–water partition coefficient (Wildman–Crippen LogP) is 1.57. The summed E-state index contributed by atoms with van der Waals surface area (Å²) in [5.41, 5.74) is 0.446. The number of non-ortho nitro benzene ring substituents is 1. The van der Waals surface area contributed by atoms with Crippen LogP contribution < -0.4 is 4.72 Å². The fourth-order valence-corrected chi connectivity index (χ4v) is 2.99. The molecule has 0 bridgehead atoms. The van der Waals surface area contributed by atoms with Gasteiger partial charge in [0.05, 0.1) is 10.7 Å². The van der Waals surface area contributed by atoms with Crippen molar-refractivity contribution in [1.29, 1.82) is 0 Å². The van der Waals surface area contributed by atoms with E-state index in [9.17, 15) is 18.5 Å². The molecule has 1 rings (SSSR count). The normalized spacial score (nSPS) is 11.5. The third kappa shape index (κ3) is 7.16. The monoisotopic (exact) mass is 316 g/mol. The van der Waals surface area contributed by atoms with E-state index < -0.39 is 14.9 Å². The summed E-state index contributed by atoms with van der Waals surface area (Å²) in [5, 5.41) is 19.1. The highest BCUT2D eigenvalue weighted by Crippen LogP contribution is 2.13. The molecule has 0 heterocycles. The maximum Gasteiger partial charge on any atom is 0.269 e. The Morgan fingerprint density at radius 1 is 1.10 bits per heavy atom.